The van der Waals surface area contributed by atoms with Crippen LogP contribution in [0.15, 0.2) is 68.4 Å². The van der Waals surface area contributed by atoms with Gasteiger partial charge < -0.3 is 4.74 Å². The molecule has 0 amide bonds. The zero-order valence-electron chi connectivity index (χ0n) is 13.6. The van der Waals surface area contributed by atoms with Gasteiger partial charge in [0.2, 0.25) is 0 Å². The standard InChI is InChI=1S/C17H18BrN3O4/c1-3-9-19-15(22)20(10-4-2)17(24)21(16(19)23)11-12-25-14-7-5-13(18)6-8-14/h3-8H,1-2,9-12H2. The van der Waals surface area contributed by atoms with Crippen LogP contribution in [-0.4, -0.2) is 20.3 Å². The molecule has 2 aromatic rings. The van der Waals surface area contributed by atoms with Crippen molar-refractivity contribution in [1.29, 1.82) is 0 Å². The lowest BCUT2D eigenvalue weighted by atomic mass is 10.3. The average molecular weight is 408 g/mol. The second kappa shape index (κ2) is 8.48. The number of hydrogen-bond donors (Lipinski definition) is 0. The molecule has 0 aliphatic heterocycles. The van der Waals surface area contributed by atoms with Crippen LogP contribution in [0.1, 0.15) is 0 Å². The summed E-state index contributed by atoms with van der Waals surface area (Å²) >= 11 is 3.33. The highest BCUT2D eigenvalue weighted by molar-refractivity contribution is 9.10. The van der Waals surface area contributed by atoms with Crippen molar-refractivity contribution < 1.29 is 4.74 Å². The lowest BCUT2D eigenvalue weighted by Crippen LogP contribution is -2.54. The molecule has 2 rings (SSSR count). The van der Waals surface area contributed by atoms with Gasteiger partial charge in [0.25, 0.3) is 0 Å². The van der Waals surface area contributed by atoms with E-state index in [9.17, 15) is 14.4 Å². The molecule has 8 heteroatoms. The molecule has 1 aromatic heterocycles. The maximum absolute atomic E-state index is 12.4. The monoisotopic (exact) mass is 407 g/mol. The third-order valence-electron chi connectivity index (χ3n) is 3.41. The first-order valence-electron chi connectivity index (χ1n) is 7.54. The predicted octanol–water partition coefficient (Wildman–Crippen LogP) is 1.39. The van der Waals surface area contributed by atoms with Crippen LogP contribution < -0.4 is 21.8 Å². The van der Waals surface area contributed by atoms with Gasteiger partial charge in [0.15, 0.2) is 0 Å². The molecule has 0 unspecified atom stereocenters. The van der Waals surface area contributed by atoms with E-state index in [1.54, 1.807) is 12.1 Å². The van der Waals surface area contributed by atoms with Gasteiger partial charge in [-0.15, -0.1) is 13.2 Å². The third-order valence-corrected chi connectivity index (χ3v) is 3.93. The Bertz CT molecular complexity index is 890. The molecule has 0 saturated heterocycles. The maximum Gasteiger partial charge on any atom is 0.336 e. The second-order valence-electron chi connectivity index (χ2n) is 5.10. The molecule has 0 atom stereocenters. The molecular formula is C17H18BrN3O4. The van der Waals surface area contributed by atoms with E-state index in [0.29, 0.717) is 5.75 Å². The fraction of sp³-hybridized carbons (Fsp3) is 0.235. The molecule has 0 spiro atoms. The first-order valence-corrected chi connectivity index (χ1v) is 8.33. The van der Waals surface area contributed by atoms with Crippen LogP contribution in [0.3, 0.4) is 0 Å². The largest absolute Gasteiger partial charge is 0.492 e. The van der Waals surface area contributed by atoms with Crippen LogP contribution in [0.5, 0.6) is 5.75 Å². The van der Waals surface area contributed by atoms with Crippen LogP contribution in [0, 0.1) is 0 Å². The van der Waals surface area contributed by atoms with Crippen molar-refractivity contribution in [2.45, 2.75) is 19.6 Å². The Morgan fingerprint density at radius 2 is 1.36 bits per heavy atom. The van der Waals surface area contributed by atoms with Gasteiger partial charge in [-0.05, 0) is 24.3 Å². The number of benzene rings is 1. The summed E-state index contributed by atoms with van der Waals surface area (Å²) in [7, 11) is 0. The lowest BCUT2D eigenvalue weighted by Gasteiger charge is -2.12. The van der Waals surface area contributed by atoms with Gasteiger partial charge in [-0.3, -0.25) is 0 Å². The molecular weight excluding hydrogens is 390 g/mol. The predicted molar refractivity (Wildman–Crippen MR) is 99.3 cm³/mol. The van der Waals surface area contributed by atoms with Crippen LogP contribution >= 0.6 is 15.9 Å². The number of aromatic nitrogens is 3. The molecule has 25 heavy (non-hydrogen) atoms. The van der Waals surface area contributed by atoms with Crippen molar-refractivity contribution in [2.75, 3.05) is 6.61 Å². The van der Waals surface area contributed by atoms with Gasteiger partial charge in [0, 0.05) is 4.47 Å². The summed E-state index contributed by atoms with van der Waals surface area (Å²) in [5, 5.41) is 0. The molecule has 0 aliphatic carbocycles. The average Bonchev–Trinajstić information content (AvgIpc) is 2.60. The van der Waals surface area contributed by atoms with Crippen molar-refractivity contribution in [3.05, 3.63) is 85.5 Å². The summed E-state index contributed by atoms with van der Waals surface area (Å²) in [4.78, 5) is 37.1. The summed E-state index contributed by atoms with van der Waals surface area (Å²) in [5.74, 6) is 0.613. The lowest BCUT2D eigenvalue weighted by molar-refractivity contribution is 0.286. The number of allylic oxidation sites excluding steroid dienone is 2. The SMILES string of the molecule is C=CCn1c(=O)n(CC=C)c(=O)n(CCOc2ccc(Br)cc2)c1=O. The van der Waals surface area contributed by atoms with E-state index in [4.69, 9.17) is 4.74 Å². The maximum atomic E-state index is 12.4. The highest BCUT2D eigenvalue weighted by Crippen LogP contribution is 2.15. The zero-order chi connectivity index (χ0) is 18.4. The normalized spacial score (nSPS) is 10.4. The van der Waals surface area contributed by atoms with Gasteiger partial charge >= 0.3 is 17.1 Å². The summed E-state index contributed by atoms with van der Waals surface area (Å²) < 4.78 is 9.36. The minimum Gasteiger partial charge on any atom is -0.492 e. The minimum atomic E-state index is -0.686. The Kier molecular flexibility index (Phi) is 6.35. The Labute approximate surface area is 152 Å². The van der Waals surface area contributed by atoms with E-state index in [0.717, 1.165) is 18.2 Å². The van der Waals surface area contributed by atoms with Crippen LogP contribution in [0.4, 0.5) is 0 Å². The smallest absolute Gasteiger partial charge is 0.336 e. The molecule has 0 N–H and O–H groups in total. The van der Waals surface area contributed by atoms with Crippen LogP contribution in [-0.2, 0) is 19.6 Å². The second-order valence-corrected chi connectivity index (χ2v) is 6.02. The molecule has 1 aromatic carbocycles. The number of hydrogen-bond acceptors (Lipinski definition) is 4. The van der Waals surface area contributed by atoms with Crippen LogP contribution in [0.25, 0.3) is 0 Å². The summed E-state index contributed by atoms with van der Waals surface area (Å²) in [6, 6.07) is 7.18. The fourth-order valence-electron chi connectivity index (χ4n) is 2.23. The summed E-state index contributed by atoms with van der Waals surface area (Å²) in [5.41, 5.74) is -2.05. The van der Waals surface area contributed by atoms with E-state index in [2.05, 4.69) is 29.1 Å². The number of ether oxygens (including phenoxy) is 1. The number of nitrogens with zero attached hydrogens (tertiary/aromatic N) is 3. The molecule has 0 radical (unpaired) electrons. The summed E-state index contributed by atoms with van der Waals surface area (Å²) in [6.45, 7) is 7.22. The van der Waals surface area contributed by atoms with Crippen molar-refractivity contribution in [3.63, 3.8) is 0 Å². The Morgan fingerprint density at radius 1 is 0.880 bits per heavy atom. The van der Waals surface area contributed by atoms with Gasteiger partial charge in [0.05, 0.1) is 19.6 Å². The molecule has 0 bridgehead atoms. The highest BCUT2D eigenvalue weighted by Gasteiger charge is 2.13. The quantitative estimate of drug-likeness (QED) is 0.619. The first-order chi connectivity index (χ1) is 12.0. The Balaban J connectivity index is 2.32. The van der Waals surface area contributed by atoms with Gasteiger partial charge in [-0.25, -0.2) is 28.1 Å². The van der Waals surface area contributed by atoms with E-state index in [1.165, 1.54) is 12.2 Å². The first kappa shape index (κ1) is 18.7. The fourth-order valence-corrected chi connectivity index (χ4v) is 2.49. The van der Waals surface area contributed by atoms with E-state index in [1.807, 2.05) is 12.1 Å². The Hall–Kier alpha value is -2.61. The van der Waals surface area contributed by atoms with Crippen molar-refractivity contribution in [1.82, 2.24) is 13.7 Å². The van der Waals surface area contributed by atoms with E-state index < -0.39 is 17.1 Å². The highest BCUT2D eigenvalue weighted by atomic mass is 79.9. The van der Waals surface area contributed by atoms with Crippen molar-refractivity contribution in [3.8, 4) is 5.75 Å². The zero-order valence-corrected chi connectivity index (χ0v) is 15.1. The number of rotatable bonds is 8. The molecule has 1 heterocycles. The van der Waals surface area contributed by atoms with Crippen molar-refractivity contribution in [2.24, 2.45) is 0 Å². The van der Waals surface area contributed by atoms with Crippen molar-refractivity contribution >= 4 is 15.9 Å². The number of halogens is 1. The van der Waals surface area contributed by atoms with Gasteiger partial charge in [0.1, 0.15) is 12.4 Å². The summed E-state index contributed by atoms with van der Waals surface area (Å²) in [6.07, 6.45) is 2.85. The molecule has 0 saturated carbocycles. The van der Waals surface area contributed by atoms with Gasteiger partial charge in [-0.1, -0.05) is 28.1 Å². The molecule has 7 nitrogen and oxygen atoms in total. The van der Waals surface area contributed by atoms with Gasteiger partial charge in [-0.2, -0.15) is 0 Å². The minimum absolute atomic E-state index is 0.0162. The topological polar surface area (TPSA) is 75.2 Å². The Morgan fingerprint density at radius 3 is 1.84 bits per heavy atom. The van der Waals surface area contributed by atoms with Crippen LogP contribution in [0.2, 0.25) is 0 Å². The molecule has 132 valence electrons. The van der Waals surface area contributed by atoms with E-state index >= 15 is 0 Å². The molecule has 0 fully saturated rings. The van der Waals surface area contributed by atoms with E-state index in [-0.39, 0.29) is 26.2 Å². The molecule has 0 aliphatic rings. The third kappa shape index (κ3) is 4.27.